The molecule has 2 aromatic carbocycles. The van der Waals surface area contributed by atoms with E-state index < -0.39 is 0 Å². The van der Waals surface area contributed by atoms with Crippen LogP contribution in [0.2, 0.25) is 0 Å². The highest BCUT2D eigenvalue weighted by atomic mass is 16.5. The lowest BCUT2D eigenvalue weighted by Gasteiger charge is -2.19. The Labute approximate surface area is 668 Å². The molecule has 622 valence electrons. The van der Waals surface area contributed by atoms with Crippen molar-refractivity contribution in [1.82, 2.24) is 10.6 Å². The van der Waals surface area contributed by atoms with Gasteiger partial charge in [-0.1, -0.05) is 400 Å². The normalized spacial score (nSPS) is 11.1. The number of rotatable bonds is 82. The smallest absolute Gasteiger partial charge is 0.251 e. The van der Waals surface area contributed by atoms with Crippen LogP contribution in [0.3, 0.4) is 0 Å². The maximum absolute atomic E-state index is 14.0. The Kier molecular flexibility index (Phi) is 72.7. The highest BCUT2D eigenvalue weighted by molar-refractivity contribution is 5.96. The Morgan fingerprint density at radius 3 is 0.602 bits per heavy atom. The van der Waals surface area contributed by atoms with E-state index in [1.807, 2.05) is 24.3 Å². The van der Waals surface area contributed by atoms with Crippen molar-refractivity contribution < 1.29 is 38.0 Å². The van der Waals surface area contributed by atoms with E-state index in [-0.39, 0.29) is 11.8 Å². The zero-order valence-electron chi connectivity index (χ0n) is 71.9. The average Bonchev–Trinajstić information content (AvgIpc) is 0.823. The van der Waals surface area contributed by atoms with E-state index >= 15 is 0 Å². The first kappa shape index (κ1) is 99.4. The van der Waals surface area contributed by atoms with Gasteiger partial charge in [0.2, 0.25) is 11.5 Å². The van der Waals surface area contributed by atoms with E-state index in [1.54, 1.807) is 0 Å². The third-order valence-electron chi connectivity index (χ3n) is 21.3. The summed E-state index contributed by atoms with van der Waals surface area (Å²) < 4.78 is 39.7. The zero-order chi connectivity index (χ0) is 77.4. The first-order chi connectivity index (χ1) is 53.4. The third-order valence-corrected chi connectivity index (χ3v) is 21.3. The van der Waals surface area contributed by atoms with Crippen LogP contribution in [0.5, 0.6) is 34.5 Å². The second-order valence-corrected chi connectivity index (χ2v) is 31.8. The monoisotopic (exact) mass is 1510 g/mol. The predicted octanol–water partition coefficient (Wildman–Crippen LogP) is 30.0. The average molecular weight is 1510 g/mol. The molecule has 2 N–H and O–H groups in total. The molecule has 0 aliphatic rings. The Hall–Kier alpha value is -4.70. The number of carbonyl (C=O) groups is 2. The number of carbonyl (C=O) groups excluding carboxylic acids is 2. The summed E-state index contributed by atoms with van der Waals surface area (Å²) in [7, 11) is 0. The summed E-state index contributed by atoms with van der Waals surface area (Å²) in [5.41, 5.74) is 1.09. The molecular formula is C98H172N2O8. The van der Waals surface area contributed by atoms with E-state index in [0.717, 1.165) is 103 Å². The highest BCUT2D eigenvalue weighted by Crippen LogP contribution is 2.41. The van der Waals surface area contributed by atoms with Crippen molar-refractivity contribution >= 4 is 11.8 Å². The molecule has 2 rings (SSSR count). The van der Waals surface area contributed by atoms with Gasteiger partial charge >= 0.3 is 0 Å². The van der Waals surface area contributed by atoms with Crippen LogP contribution >= 0.6 is 0 Å². The standard InChI is InChI=1S/C98H172N2O8/c1-7-13-19-25-31-37-47-55-63-71-79-103-91-85-89(86-92(104-80-72-64-56-48-38-32-26-20-14-8-2)95(91)107-83-75-67-59-51-41-35-29-23-17-11-5)97(101)99-77-69-61-53-45-43-44-46-54-62-70-78-100-98(102)90-87-93(105-81-73-65-57-49-39-33-27-21-15-9-3)96(108-84-76-68-60-52-42-36-30-24-18-12-6)94(88-90)106-82-74-66-58-50-40-34-28-22-16-10-4/h85-88H,7-42,47-84H2,1-6H3,(H,99,101)(H,100,102). The molecule has 0 saturated carbocycles. The van der Waals surface area contributed by atoms with Crippen molar-refractivity contribution in [3.8, 4) is 58.2 Å². The summed E-state index contributed by atoms with van der Waals surface area (Å²) in [6, 6.07) is 7.55. The molecule has 10 nitrogen and oxygen atoms in total. The topological polar surface area (TPSA) is 114 Å². The molecule has 0 bridgehead atoms. The number of amides is 2. The molecule has 0 saturated heterocycles. The van der Waals surface area contributed by atoms with Gasteiger partial charge in [-0.25, -0.2) is 0 Å². The molecular weight excluding hydrogens is 1330 g/mol. The molecule has 2 aromatic rings. The fraction of sp³-hybridized carbons (Fsp3) is 0.816. The van der Waals surface area contributed by atoms with Crippen LogP contribution in [0.1, 0.15) is 486 Å². The molecule has 0 spiro atoms. The van der Waals surface area contributed by atoms with Crippen LogP contribution in [0, 0.1) is 23.7 Å². The minimum Gasteiger partial charge on any atom is -0.490 e. The van der Waals surface area contributed by atoms with Crippen molar-refractivity contribution in [1.29, 1.82) is 0 Å². The molecule has 0 heterocycles. The van der Waals surface area contributed by atoms with Crippen molar-refractivity contribution in [3.05, 3.63) is 35.4 Å². The van der Waals surface area contributed by atoms with Crippen molar-refractivity contribution in [2.45, 2.75) is 465 Å². The van der Waals surface area contributed by atoms with Crippen LogP contribution in [0.15, 0.2) is 24.3 Å². The predicted molar refractivity (Wildman–Crippen MR) is 465 cm³/mol. The van der Waals surface area contributed by atoms with E-state index in [0.29, 0.717) is 111 Å². The lowest BCUT2D eigenvalue weighted by Crippen LogP contribution is -2.24. The maximum atomic E-state index is 14.0. The summed E-state index contributed by atoms with van der Waals surface area (Å²) in [6.45, 7) is 18.3. The van der Waals surface area contributed by atoms with Crippen molar-refractivity contribution in [2.75, 3.05) is 52.7 Å². The van der Waals surface area contributed by atoms with Gasteiger partial charge in [0.1, 0.15) is 0 Å². The van der Waals surface area contributed by atoms with E-state index in [1.165, 1.54) is 308 Å². The van der Waals surface area contributed by atoms with Crippen LogP contribution in [-0.4, -0.2) is 64.5 Å². The van der Waals surface area contributed by atoms with Crippen molar-refractivity contribution in [3.63, 3.8) is 0 Å². The first-order valence-electron chi connectivity index (χ1n) is 47.1. The Bertz CT molecular complexity index is 2190. The quantitative estimate of drug-likeness (QED) is 0.0497. The van der Waals surface area contributed by atoms with Crippen LogP contribution in [-0.2, 0) is 0 Å². The number of ether oxygens (including phenoxy) is 6. The second kappa shape index (κ2) is 79.0. The summed E-state index contributed by atoms with van der Waals surface area (Å²) >= 11 is 0. The fourth-order valence-electron chi connectivity index (χ4n) is 14.2. The highest BCUT2D eigenvalue weighted by Gasteiger charge is 2.22. The number of nitrogens with one attached hydrogen (secondary N) is 2. The summed E-state index contributed by atoms with van der Waals surface area (Å²) in [6.07, 6.45) is 80.5. The van der Waals surface area contributed by atoms with E-state index in [9.17, 15) is 9.59 Å². The van der Waals surface area contributed by atoms with Crippen LogP contribution in [0.4, 0.5) is 0 Å². The van der Waals surface area contributed by atoms with Gasteiger partial charge in [0.25, 0.3) is 11.8 Å². The number of benzene rings is 2. The van der Waals surface area contributed by atoms with Gasteiger partial charge in [-0.3, -0.25) is 9.59 Å². The van der Waals surface area contributed by atoms with Gasteiger partial charge in [0, 0.05) is 37.1 Å². The second-order valence-electron chi connectivity index (χ2n) is 31.8. The molecule has 0 aliphatic carbocycles. The van der Waals surface area contributed by atoms with Gasteiger partial charge in [-0.2, -0.15) is 0 Å². The number of hydrogen-bond donors (Lipinski definition) is 2. The van der Waals surface area contributed by atoms with Crippen LogP contribution in [0.25, 0.3) is 0 Å². The third kappa shape index (κ3) is 60.0. The lowest BCUT2D eigenvalue weighted by molar-refractivity contribution is 0.0943. The maximum Gasteiger partial charge on any atom is 0.251 e. The fourth-order valence-corrected chi connectivity index (χ4v) is 14.2. The Balaban J connectivity index is 2.09. The Morgan fingerprint density at radius 2 is 0.407 bits per heavy atom. The molecule has 10 heteroatoms. The summed E-state index contributed by atoms with van der Waals surface area (Å²) in [5.74, 6) is 16.1. The van der Waals surface area contributed by atoms with Gasteiger partial charge < -0.3 is 39.1 Å². The van der Waals surface area contributed by atoms with Crippen molar-refractivity contribution in [2.24, 2.45) is 0 Å². The summed E-state index contributed by atoms with van der Waals surface area (Å²) in [4.78, 5) is 28.0. The lowest BCUT2D eigenvalue weighted by atomic mass is 10.1. The molecule has 0 radical (unpaired) electrons. The van der Waals surface area contributed by atoms with E-state index in [2.05, 4.69) is 75.9 Å². The molecule has 0 unspecified atom stereocenters. The zero-order valence-corrected chi connectivity index (χ0v) is 71.9. The van der Waals surface area contributed by atoms with Gasteiger partial charge in [0.15, 0.2) is 23.0 Å². The molecule has 0 aromatic heterocycles. The Morgan fingerprint density at radius 1 is 0.231 bits per heavy atom. The molecule has 0 fully saturated rings. The summed E-state index contributed by atoms with van der Waals surface area (Å²) in [5, 5.41) is 6.39. The minimum absolute atomic E-state index is 0.128. The largest absolute Gasteiger partial charge is 0.490 e. The molecule has 0 aliphatic heterocycles. The molecule has 0 atom stereocenters. The number of unbranched alkanes of at least 4 members (excludes halogenated alkanes) is 58. The van der Waals surface area contributed by atoms with E-state index in [4.69, 9.17) is 28.4 Å². The van der Waals surface area contributed by atoms with Gasteiger partial charge in [-0.05, 0) is 100 Å². The van der Waals surface area contributed by atoms with Gasteiger partial charge in [0.05, 0.1) is 39.6 Å². The first-order valence-corrected chi connectivity index (χ1v) is 47.1. The minimum atomic E-state index is -0.128. The molecule has 2 amide bonds. The number of hydrogen-bond acceptors (Lipinski definition) is 8. The van der Waals surface area contributed by atoms with Crippen LogP contribution < -0.4 is 39.1 Å². The van der Waals surface area contributed by atoms with Gasteiger partial charge in [-0.15, -0.1) is 0 Å². The SMILES string of the molecule is CCCCCCCCCCCCOc1cc(C(=O)NCCCCC#CC#CCCCCNC(=O)c2cc(OCCCCCCCCCCCC)c(OCCCCCCCCCCCC)c(OCCCCCCCCCCCC)c2)cc(OCCCCCCCCCCCC)c1OCCCCCCCCCCCC. The molecule has 108 heavy (non-hydrogen) atoms.